The van der Waals surface area contributed by atoms with Crippen LogP contribution >= 0.6 is 0 Å². The van der Waals surface area contributed by atoms with E-state index < -0.39 is 0 Å². The van der Waals surface area contributed by atoms with E-state index in [9.17, 15) is 4.79 Å². The summed E-state index contributed by atoms with van der Waals surface area (Å²) in [6, 6.07) is 2.07. The second-order valence-electron chi connectivity index (χ2n) is 6.42. The van der Waals surface area contributed by atoms with Gasteiger partial charge in [0.25, 0.3) is 0 Å². The van der Waals surface area contributed by atoms with Gasteiger partial charge in [-0.05, 0) is 26.2 Å². The molecule has 1 atom stereocenters. The molecule has 0 aromatic carbocycles. The van der Waals surface area contributed by atoms with Crippen molar-refractivity contribution >= 4 is 11.7 Å². The molecule has 1 amide bonds. The number of carbonyl (C=O) groups excluding carboxylic acids is 1. The first-order valence-electron chi connectivity index (χ1n) is 8.76. The van der Waals surface area contributed by atoms with Gasteiger partial charge in [-0.25, -0.2) is 9.97 Å². The van der Waals surface area contributed by atoms with E-state index in [-0.39, 0.29) is 12.0 Å². The van der Waals surface area contributed by atoms with E-state index in [0.717, 1.165) is 38.2 Å². The normalized spacial score (nSPS) is 22.1. The van der Waals surface area contributed by atoms with Crippen LogP contribution in [-0.2, 0) is 4.79 Å². The van der Waals surface area contributed by atoms with Crippen LogP contribution in [0, 0.1) is 5.92 Å². The monoisotopic (exact) mass is 318 g/mol. The fraction of sp³-hybridized carbons (Fsp3) is 0.706. The van der Waals surface area contributed by atoms with Crippen molar-refractivity contribution in [2.75, 3.05) is 25.0 Å². The van der Waals surface area contributed by atoms with Gasteiger partial charge in [-0.15, -0.1) is 0 Å². The number of amides is 1. The Hall–Kier alpha value is -1.85. The van der Waals surface area contributed by atoms with Crippen LogP contribution in [-0.4, -0.2) is 46.5 Å². The summed E-state index contributed by atoms with van der Waals surface area (Å²) < 4.78 is 5.39. The second kappa shape index (κ2) is 7.62. The average molecular weight is 318 g/mol. The molecule has 1 unspecified atom stereocenters. The molecule has 1 saturated carbocycles. The lowest BCUT2D eigenvalue weighted by Crippen LogP contribution is -2.36. The van der Waals surface area contributed by atoms with Gasteiger partial charge in [0.05, 0.1) is 6.61 Å². The van der Waals surface area contributed by atoms with Crippen LogP contribution in [0.25, 0.3) is 0 Å². The van der Waals surface area contributed by atoms with Crippen molar-refractivity contribution in [2.24, 2.45) is 5.92 Å². The van der Waals surface area contributed by atoms with Crippen molar-refractivity contribution in [2.45, 2.75) is 51.5 Å². The fourth-order valence-corrected chi connectivity index (χ4v) is 3.54. The Balaban J connectivity index is 1.53. The number of hydrogen-bond acceptors (Lipinski definition) is 5. The molecule has 0 radical (unpaired) electrons. The zero-order chi connectivity index (χ0) is 16.1. The number of likely N-dealkylation sites (tertiary alicyclic amines) is 1. The third-order valence-electron chi connectivity index (χ3n) is 4.74. The summed E-state index contributed by atoms with van der Waals surface area (Å²) in [5, 5.41) is 3.40. The standard InChI is InChI=1S/C17H26N4O2/c1-2-23-16-10-15(18-12-19-16)20-14-8-9-21(11-14)17(22)13-6-4-3-5-7-13/h10,12-14H,2-9,11H2,1H3,(H,18,19,20). The number of nitrogens with zero attached hydrogens (tertiary/aromatic N) is 3. The van der Waals surface area contributed by atoms with Gasteiger partial charge in [0.2, 0.25) is 11.8 Å². The number of aromatic nitrogens is 2. The van der Waals surface area contributed by atoms with Gasteiger partial charge in [-0.2, -0.15) is 0 Å². The molecule has 0 bridgehead atoms. The SMILES string of the molecule is CCOc1cc(NC2CCN(C(=O)C3CCCCC3)C2)ncn1. The number of rotatable bonds is 5. The van der Waals surface area contributed by atoms with Crippen LogP contribution in [0.4, 0.5) is 5.82 Å². The molecule has 23 heavy (non-hydrogen) atoms. The van der Waals surface area contributed by atoms with Gasteiger partial charge in [-0.1, -0.05) is 19.3 Å². The van der Waals surface area contributed by atoms with Gasteiger partial charge in [0.15, 0.2) is 0 Å². The zero-order valence-corrected chi connectivity index (χ0v) is 13.8. The largest absolute Gasteiger partial charge is 0.478 e. The molecule has 6 nitrogen and oxygen atoms in total. The summed E-state index contributed by atoms with van der Waals surface area (Å²) >= 11 is 0. The van der Waals surface area contributed by atoms with E-state index in [1.165, 1.54) is 25.6 Å². The highest BCUT2D eigenvalue weighted by atomic mass is 16.5. The Kier molecular flexibility index (Phi) is 5.31. The van der Waals surface area contributed by atoms with Crippen LogP contribution in [0.2, 0.25) is 0 Å². The second-order valence-corrected chi connectivity index (χ2v) is 6.42. The first-order valence-corrected chi connectivity index (χ1v) is 8.76. The minimum Gasteiger partial charge on any atom is -0.478 e. The third kappa shape index (κ3) is 4.12. The smallest absolute Gasteiger partial charge is 0.225 e. The summed E-state index contributed by atoms with van der Waals surface area (Å²) in [7, 11) is 0. The molecule has 1 aromatic heterocycles. The van der Waals surface area contributed by atoms with Crippen LogP contribution in [0.15, 0.2) is 12.4 Å². The molecular formula is C17H26N4O2. The summed E-state index contributed by atoms with van der Waals surface area (Å²) in [4.78, 5) is 22.9. The Morgan fingerprint density at radius 1 is 1.30 bits per heavy atom. The van der Waals surface area contributed by atoms with Gasteiger partial charge in [0, 0.05) is 31.1 Å². The maximum atomic E-state index is 12.6. The minimum absolute atomic E-state index is 0.256. The molecule has 1 aliphatic carbocycles. The number of anilines is 1. The van der Waals surface area contributed by atoms with Crippen molar-refractivity contribution in [3.05, 3.63) is 12.4 Å². The maximum Gasteiger partial charge on any atom is 0.225 e. The molecule has 2 heterocycles. The molecule has 6 heteroatoms. The van der Waals surface area contributed by atoms with Crippen molar-refractivity contribution in [3.63, 3.8) is 0 Å². The van der Waals surface area contributed by atoms with Crippen molar-refractivity contribution in [1.82, 2.24) is 14.9 Å². The molecule has 2 aliphatic rings. The molecule has 1 aliphatic heterocycles. The maximum absolute atomic E-state index is 12.6. The van der Waals surface area contributed by atoms with Crippen LogP contribution < -0.4 is 10.1 Å². The van der Waals surface area contributed by atoms with E-state index in [1.807, 2.05) is 17.9 Å². The Morgan fingerprint density at radius 2 is 2.13 bits per heavy atom. The van der Waals surface area contributed by atoms with Crippen molar-refractivity contribution in [3.8, 4) is 5.88 Å². The van der Waals surface area contributed by atoms with Gasteiger partial charge < -0.3 is 15.0 Å². The fourth-order valence-electron chi connectivity index (χ4n) is 3.54. The molecule has 2 fully saturated rings. The number of hydrogen-bond donors (Lipinski definition) is 1. The highest BCUT2D eigenvalue weighted by Crippen LogP contribution is 2.27. The molecule has 1 N–H and O–H groups in total. The highest BCUT2D eigenvalue weighted by molar-refractivity contribution is 5.79. The van der Waals surface area contributed by atoms with Crippen LogP contribution in [0.3, 0.4) is 0 Å². The number of nitrogens with one attached hydrogen (secondary N) is 1. The van der Waals surface area contributed by atoms with Crippen LogP contribution in [0.1, 0.15) is 45.4 Å². The summed E-state index contributed by atoms with van der Waals surface area (Å²) in [6.07, 6.45) is 8.29. The Bertz CT molecular complexity index is 531. The van der Waals surface area contributed by atoms with E-state index in [1.54, 1.807) is 0 Å². The molecule has 1 saturated heterocycles. The van der Waals surface area contributed by atoms with Gasteiger partial charge in [-0.3, -0.25) is 4.79 Å². The summed E-state index contributed by atoms with van der Waals surface area (Å²) in [6.45, 7) is 4.13. The minimum atomic E-state index is 0.256. The number of carbonyl (C=O) groups is 1. The van der Waals surface area contributed by atoms with E-state index in [4.69, 9.17) is 4.74 Å². The molecule has 0 spiro atoms. The number of ether oxygens (including phenoxy) is 1. The predicted molar refractivity (Wildman–Crippen MR) is 88.4 cm³/mol. The summed E-state index contributed by atoms with van der Waals surface area (Å²) in [5.41, 5.74) is 0. The van der Waals surface area contributed by atoms with Crippen molar-refractivity contribution in [1.29, 1.82) is 0 Å². The van der Waals surface area contributed by atoms with Crippen LogP contribution in [0.5, 0.6) is 5.88 Å². The lowest BCUT2D eigenvalue weighted by molar-refractivity contribution is -0.135. The van der Waals surface area contributed by atoms with E-state index in [0.29, 0.717) is 18.4 Å². The first-order chi connectivity index (χ1) is 11.3. The molecule has 3 rings (SSSR count). The highest BCUT2D eigenvalue weighted by Gasteiger charge is 2.31. The van der Waals surface area contributed by atoms with E-state index >= 15 is 0 Å². The predicted octanol–water partition coefficient (Wildman–Crippen LogP) is 2.47. The van der Waals surface area contributed by atoms with Gasteiger partial charge in [0.1, 0.15) is 12.1 Å². The molecule has 126 valence electrons. The van der Waals surface area contributed by atoms with E-state index in [2.05, 4.69) is 15.3 Å². The lowest BCUT2D eigenvalue weighted by atomic mass is 9.88. The van der Waals surface area contributed by atoms with Crippen molar-refractivity contribution < 1.29 is 9.53 Å². The summed E-state index contributed by atoms with van der Waals surface area (Å²) in [5.74, 6) is 1.95. The Labute approximate surface area is 137 Å². The lowest BCUT2D eigenvalue weighted by Gasteiger charge is -2.26. The average Bonchev–Trinajstić information content (AvgIpc) is 3.04. The quantitative estimate of drug-likeness (QED) is 0.903. The van der Waals surface area contributed by atoms with Gasteiger partial charge >= 0.3 is 0 Å². The Morgan fingerprint density at radius 3 is 2.91 bits per heavy atom. The first kappa shape index (κ1) is 16.0. The zero-order valence-electron chi connectivity index (χ0n) is 13.8. The third-order valence-corrected chi connectivity index (χ3v) is 4.74. The topological polar surface area (TPSA) is 67.3 Å². The molecular weight excluding hydrogens is 292 g/mol. The molecule has 1 aromatic rings.